The Balaban J connectivity index is 1.84. The molecule has 1 fully saturated rings. The molecule has 0 saturated carbocycles. The Labute approximate surface area is 144 Å². The van der Waals surface area contributed by atoms with E-state index in [1.165, 1.54) is 4.88 Å². The lowest BCUT2D eigenvalue weighted by molar-refractivity contribution is -0.146. The molecular formula is C17H22N2O4S. The molecule has 0 aliphatic carbocycles. The predicted octanol–water partition coefficient (Wildman–Crippen LogP) is 1.95. The quantitative estimate of drug-likeness (QED) is 0.850. The Bertz CT molecular complexity index is 671. The number of carboxylic acids is 1. The standard InChI is InChI=1S/C17H22N2O4S/c1-3-9(2)14(17(22)23)18-16(21)12-8-10-6-7-24-15(10)11-4-5-13(20)19(11)12/h6-7,9,11-12,14H,3-5,8H2,1-2H3,(H,18,21)(H,22,23)/t9-,11+,12-,14-/m0/s1. The van der Waals surface area contributed by atoms with Crippen LogP contribution in [0.2, 0.25) is 0 Å². The predicted molar refractivity (Wildman–Crippen MR) is 89.7 cm³/mol. The molecule has 0 unspecified atom stereocenters. The summed E-state index contributed by atoms with van der Waals surface area (Å²) in [6.45, 7) is 3.70. The van der Waals surface area contributed by atoms with Gasteiger partial charge in [-0.05, 0) is 29.3 Å². The van der Waals surface area contributed by atoms with Crippen molar-refractivity contribution >= 4 is 29.1 Å². The molecule has 0 spiro atoms. The highest BCUT2D eigenvalue weighted by Gasteiger charge is 2.45. The van der Waals surface area contributed by atoms with Gasteiger partial charge in [-0.3, -0.25) is 9.59 Å². The van der Waals surface area contributed by atoms with E-state index in [4.69, 9.17) is 0 Å². The van der Waals surface area contributed by atoms with Gasteiger partial charge in [-0.2, -0.15) is 0 Å². The van der Waals surface area contributed by atoms with Crippen LogP contribution in [0.15, 0.2) is 11.4 Å². The number of nitrogens with one attached hydrogen (secondary N) is 1. The lowest BCUT2D eigenvalue weighted by Crippen LogP contribution is -2.56. The van der Waals surface area contributed by atoms with Crippen LogP contribution in [-0.2, 0) is 20.8 Å². The van der Waals surface area contributed by atoms with Crippen molar-refractivity contribution in [2.24, 2.45) is 5.92 Å². The van der Waals surface area contributed by atoms with E-state index < -0.39 is 18.1 Å². The van der Waals surface area contributed by atoms with Crippen LogP contribution in [-0.4, -0.2) is 39.9 Å². The largest absolute Gasteiger partial charge is 0.480 e. The molecule has 3 rings (SSSR count). The van der Waals surface area contributed by atoms with E-state index in [-0.39, 0.29) is 23.8 Å². The molecule has 0 bridgehead atoms. The van der Waals surface area contributed by atoms with Crippen molar-refractivity contribution in [3.8, 4) is 0 Å². The minimum Gasteiger partial charge on any atom is -0.480 e. The lowest BCUT2D eigenvalue weighted by Gasteiger charge is -2.37. The molecule has 24 heavy (non-hydrogen) atoms. The molecule has 2 aliphatic rings. The average Bonchev–Trinajstić information content (AvgIpc) is 3.17. The van der Waals surface area contributed by atoms with Gasteiger partial charge in [0.2, 0.25) is 11.8 Å². The smallest absolute Gasteiger partial charge is 0.326 e. The monoisotopic (exact) mass is 350 g/mol. The molecule has 7 heteroatoms. The van der Waals surface area contributed by atoms with Gasteiger partial charge in [-0.15, -0.1) is 11.3 Å². The van der Waals surface area contributed by atoms with Crippen LogP contribution in [0.5, 0.6) is 0 Å². The van der Waals surface area contributed by atoms with E-state index in [0.717, 1.165) is 12.0 Å². The first-order chi connectivity index (χ1) is 11.4. The van der Waals surface area contributed by atoms with Gasteiger partial charge in [0.15, 0.2) is 0 Å². The number of rotatable bonds is 5. The van der Waals surface area contributed by atoms with Crippen LogP contribution in [0.25, 0.3) is 0 Å². The number of hydrogen-bond donors (Lipinski definition) is 2. The van der Waals surface area contributed by atoms with Crippen molar-refractivity contribution < 1.29 is 19.5 Å². The minimum absolute atomic E-state index is 0.0189. The highest BCUT2D eigenvalue weighted by molar-refractivity contribution is 7.10. The first-order valence-electron chi connectivity index (χ1n) is 8.34. The second-order valence-electron chi connectivity index (χ2n) is 6.60. The van der Waals surface area contributed by atoms with Gasteiger partial charge in [-0.25, -0.2) is 4.79 Å². The first kappa shape index (κ1) is 17.0. The zero-order valence-electron chi connectivity index (χ0n) is 13.8. The molecule has 1 saturated heterocycles. The van der Waals surface area contributed by atoms with E-state index in [0.29, 0.717) is 19.3 Å². The van der Waals surface area contributed by atoms with Gasteiger partial charge in [0.1, 0.15) is 12.1 Å². The maximum atomic E-state index is 12.8. The van der Waals surface area contributed by atoms with Gasteiger partial charge in [0, 0.05) is 17.7 Å². The lowest BCUT2D eigenvalue weighted by atomic mass is 9.94. The SMILES string of the molecule is CC[C@H](C)[C@H](NC(=O)[C@@H]1Cc2ccsc2[C@H]2CCC(=O)N21)C(=O)O. The van der Waals surface area contributed by atoms with Gasteiger partial charge in [-0.1, -0.05) is 20.3 Å². The summed E-state index contributed by atoms with van der Waals surface area (Å²) in [5.41, 5.74) is 1.10. The number of fused-ring (bicyclic) bond motifs is 3. The van der Waals surface area contributed by atoms with E-state index in [1.807, 2.05) is 18.4 Å². The minimum atomic E-state index is -1.03. The van der Waals surface area contributed by atoms with Crippen LogP contribution in [0.3, 0.4) is 0 Å². The summed E-state index contributed by atoms with van der Waals surface area (Å²) in [7, 11) is 0. The third-order valence-electron chi connectivity index (χ3n) is 5.17. The van der Waals surface area contributed by atoms with Crippen molar-refractivity contribution in [3.05, 3.63) is 21.9 Å². The fraction of sp³-hybridized carbons (Fsp3) is 0.588. The average molecular weight is 350 g/mol. The zero-order valence-corrected chi connectivity index (χ0v) is 14.6. The number of thiophene rings is 1. The maximum Gasteiger partial charge on any atom is 0.326 e. The number of carbonyl (C=O) groups is 3. The normalized spacial score (nSPS) is 24.9. The van der Waals surface area contributed by atoms with Crippen molar-refractivity contribution in [2.45, 2.75) is 57.7 Å². The molecule has 2 aliphatic heterocycles. The topological polar surface area (TPSA) is 86.7 Å². The van der Waals surface area contributed by atoms with E-state index in [9.17, 15) is 19.5 Å². The van der Waals surface area contributed by atoms with Gasteiger partial charge >= 0.3 is 5.97 Å². The van der Waals surface area contributed by atoms with Crippen molar-refractivity contribution in [1.82, 2.24) is 10.2 Å². The Morgan fingerprint density at radius 2 is 2.25 bits per heavy atom. The Hall–Kier alpha value is -1.89. The molecule has 3 heterocycles. The number of carbonyl (C=O) groups excluding carboxylic acids is 2. The van der Waals surface area contributed by atoms with Crippen LogP contribution >= 0.6 is 11.3 Å². The summed E-state index contributed by atoms with van der Waals surface area (Å²) in [6.07, 6.45) is 2.28. The van der Waals surface area contributed by atoms with Crippen molar-refractivity contribution in [2.75, 3.05) is 0 Å². The Kier molecular flexibility index (Phi) is 4.62. The summed E-state index contributed by atoms with van der Waals surface area (Å²) in [6, 6.07) is 0.424. The summed E-state index contributed by atoms with van der Waals surface area (Å²) in [4.78, 5) is 39.4. The third-order valence-corrected chi connectivity index (χ3v) is 6.23. The van der Waals surface area contributed by atoms with Gasteiger partial charge < -0.3 is 15.3 Å². The third kappa shape index (κ3) is 2.81. The summed E-state index contributed by atoms with van der Waals surface area (Å²) in [5, 5.41) is 14.0. The van der Waals surface area contributed by atoms with E-state index in [2.05, 4.69) is 5.32 Å². The molecule has 6 nitrogen and oxygen atoms in total. The highest BCUT2D eigenvalue weighted by atomic mass is 32.1. The fourth-order valence-corrected chi connectivity index (χ4v) is 4.69. The molecular weight excluding hydrogens is 328 g/mol. The molecule has 1 aromatic heterocycles. The summed E-state index contributed by atoms with van der Waals surface area (Å²) < 4.78 is 0. The van der Waals surface area contributed by atoms with Gasteiger partial charge in [0.25, 0.3) is 0 Å². The van der Waals surface area contributed by atoms with Crippen LogP contribution in [0.4, 0.5) is 0 Å². The van der Waals surface area contributed by atoms with Crippen LogP contribution in [0.1, 0.15) is 49.6 Å². The van der Waals surface area contributed by atoms with Crippen LogP contribution < -0.4 is 5.32 Å². The van der Waals surface area contributed by atoms with E-state index >= 15 is 0 Å². The molecule has 0 aromatic carbocycles. The molecule has 0 radical (unpaired) electrons. The number of nitrogens with zero attached hydrogens (tertiary/aromatic N) is 1. The zero-order chi connectivity index (χ0) is 17.4. The first-order valence-corrected chi connectivity index (χ1v) is 9.22. The van der Waals surface area contributed by atoms with Gasteiger partial charge in [0.05, 0.1) is 6.04 Å². The molecule has 4 atom stereocenters. The second kappa shape index (κ2) is 6.55. The van der Waals surface area contributed by atoms with E-state index in [1.54, 1.807) is 23.2 Å². The summed E-state index contributed by atoms with van der Waals surface area (Å²) >= 11 is 1.63. The van der Waals surface area contributed by atoms with Crippen molar-refractivity contribution in [3.63, 3.8) is 0 Å². The molecule has 2 N–H and O–H groups in total. The maximum absolute atomic E-state index is 12.8. The molecule has 1 aromatic rings. The highest BCUT2D eigenvalue weighted by Crippen LogP contribution is 2.43. The number of amides is 2. The number of hydrogen-bond acceptors (Lipinski definition) is 4. The fourth-order valence-electron chi connectivity index (χ4n) is 3.62. The Morgan fingerprint density at radius 1 is 1.50 bits per heavy atom. The second-order valence-corrected chi connectivity index (χ2v) is 7.54. The summed E-state index contributed by atoms with van der Waals surface area (Å²) in [5.74, 6) is -1.58. The number of aliphatic carboxylic acids is 1. The van der Waals surface area contributed by atoms with Crippen LogP contribution in [0, 0.1) is 5.92 Å². The Morgan fingerprint density at radius 3 is 2.92 bits per heavy atom. The molecule has 2 amide bonds. The number of carboxylic acid groups (broad SMARTS) is 1. The molecule has 130 valence electrons. The van der Waals surface area contributed by atoms with Crippen molar-refractivity contribution in [1.29, 1.82) is 0 Å².